The summed E-state index contributed by atoms with van der Waals surface area (Å²) in [5.41, 5.74) is 1.36. The summed E-state index contributed by atoms with van der Waals surface area (Å²) in [6, 6.07) is 0.630. The number of nitrogens with zero attached hydrogens (tertiary/aromatic N) is 1. The lowest BCUT2D eigenvalue weighted by atomic mass is 9.76. The predicted octanol–water partition coefficient (Wildman–Crippen LogP) is 4.20. The standard InChI is InChI=1S/C19H36N2/c1-17(2)20-15-19(9-5-6-10-19)16-21-13-11-18(12-14-21)7-3-4-8-18/h17,20H,3-16H2,1-2H3. The van der Waals surface area contributed by atoms with Crippen LogP contribution in [0.4, 0.5) is 0 Å². The molecule has 2 saturated carbocycles. The molecule has 1 spiro atoms. The van der Waals surface area contributed by atoms with Crippen LogP contribution in [0, 0.1) is 10.8 Å². The van der Waals surface area contributed by atoms with E-state index in [0.29, 0.717) is 11.5 Å². The third kappa shape index (κ3) is 3.82. The second-order valence-electron chi connectivity index (χ2n) is 8.73. The van der Waals surface area contributed by atoms with Crippen molar-refractivity contribution in [1.29, 1.82) is 0 Å². The number of nitrogens with one attached hydrogen (secondary N) is 1. The van der Waals surface area contributed by atoms with E-state index in [1.54, 1.807) is 0 Å². The molecule has 3 fully saturated rings. The van der Waals surface area contributed by atoms with Gasteiger partial charge in [-0.25, -0.2) is 0 Å². The molecule has 2 aliphatic carbocycles. The fraction of sp³-hybridized carbons (Fsp3) is 1.00. The van der Waals surface area contributed by atoms with Gasteiger partial charge in [0.05, 0.1) is 0 Å². The Hall–Kier alpha value is -0.0800. The number of hydrogen-bond donors (Lipinski definition) is 1. The summed E-state index contributed by atoms with van der Waals surface area (Å²) >= 11 is 0. The monoisotopic (exact) mass is 292 g/mol. The van der Waals surface area contributed by atoms with Crippen LogP contribution in [0.15, 0.2) is 0 Å². The molecule has 122 valence electrons. The van der Waals surface area contributed by atoms with Crippen molar-refractivity contribution in [1.82, 2.24) is 10.2 Å². The second-order valence-corrected chi connectivity index (χ2v) is 8.73. The van der Waals surface area contributed by atoms with Crippen LogP contribution >= 0.6 is 0 Å². The van der Waals surface area contributed by atoms with Crippen molar-refractivity contribution in [3.05, 3.63) is 0 Å². The Morgan fingerprint density at radius 2 is 1.43 bits per heavy atom. The van der Waals surface area contributed by atoms with Crippen molar-refractivity contribution in [2.24, 2.45) is 10.8 Å². The molecule has 0 amide bonds. The van der Waals surface area contributed by atoms with Crippen molar-refractivity contribution < 1.29 is 0 Å². The highest BCUT2D eigenvalue weighted by Crippen LogP contribution is 2.47. The molecule has 0 aromatic rings. The summed E-state index contributed by atoms with van der Waals surface area (Å²) in [5.74, 6) is 0. The van der Waals surface area contributed by atoms with Gasteiger partial charge in [-0.2, -0.15) is 0 Å². The van der Waals surface area contributed by atoms with E-state index in [2.05, 4.69) is 24.1 Å². The Bertz CT molecular complexity index is 314. The summed E-state index contributed by atoms with van der Waals surface area (Å²) in [6.07, 6.45) is 14.9. The smallest absolute Gasteiger partial charge is 0.00501 e. The summed E-state index contributed by atoms with van der Waals surface area (Å²) in [7, 11) is 0. The van der Waals surface area contributed by atoms with Crippen molar-refractivity contribution in [3.8, 4) is 0 Å². The Morgan fingerprint density at radius 1 is 0.857 bits per heavy atom. The Labute approximate surface area is 132 Å². The molecule has 0 radical (unpaired) electrons. The molecular formula is C19H36N2. The quantitative estimate of drug-likeness (QED) is 0.817. The molecule has 21 heavy (non-hydrogen) atoms. The third-order valence-electron chi connectivity index (χ3n) is 6.69. The van der Waals surface area contributed by atoms with Gasteiger partial charge in [0.15, 0.2) is 0 Å². The number of hydrogen-bond acceptors (Lipinski definition) is 2. The van der Waals surface area contributed by atoms with E-state index in [1.165, 1.54) is 90.4 Å². The number of rotatable bonds is 5. The van der Waals surface area contributed by atoms with Crippen LogP contribution in [-0.4, -0.2) is 37.1 Å². The van der Waals surface area contributed by atoms with Gasteiger partial charge in [0.25, 0.3) is 0 Å². The van der Waals surface area contributed by atoms with Crippen LogP contribution < -0.4 is 5.32 Å². The number of piperidine rings is 1. The fourth-order valence-corrected chi connectivity index (χ4v) is 5.22. The molecule has 0 bridgehead atoms. The summed E-state index contributed by atoms with van der Waals surface area (Å²) in [5, 5.41) is 3.74. The van der Waals surface area contributed by atoms with Crippen LogP contribution in [0.25, 0.3) is 0 Å². The maximum Gasteiger partial charge on any atom is 0.00501 e. The molecule has 1 N–H and O–H groups in total. The Balaban J connectivity index is 1.52. The van der Waals surface area contributed by atoms with E-state index in [4.69, 9.17) is 0 Å². The Morgan fingerprint density at radius 3 is 2.00 bits per heavy atom. The zero-order chi connectivity index (χ0) is 14.8. The average molecular weight is 293 g/mol. The fourth-order valence-electron chi connectivity index (χ4n) is 5.22. The average Bonchev–Trinajstić information content (AvgIpc) is 3.10. The maximum absolute atomic E-state index is 3.74. The van der Waals surface area contributed by atoms with E-state index in [0.717, 1.165) is 5.41 Å². The molecule has 0 atom stereocenters. The topological polar surface area (TPSA) is 15.3 Å². The zero-order valence-corrected chi connectivity index (χ0v) is 14.4. The first-order valence-electron chi connectivity index (χ1n) is 9.57. The van der Waals surface area contributed by atoms with E-state index >= 15 is 0 Å². The molecule has 2 heteroatoms. The summed E-state index contributed by atoms with van der Waals surface area (Å²) in [6.45, 7) is 9.93. The van der Waals surface area contributed by atoms with Gasteiger partial charge in [0.2, 0.25) is 0 Å². The highest BCUT2D eigenvalue weighted by Gasteiger charge is 2.40. The molecule has 0 unspecified atom stereocenters. The minimum Gasteiger partial charge on any atom is -0.314 e. The molecule has 2 nitrogen and oxygen atoms in total. The SMILES string of the molecule is CC(C)NCC1(CN2CCC3(CCCC3)CC2)CCCC1. The second kappa shape index (κ2) is 6.58. The van der Waals surface area contributed by atoms with Crippen LogP contribution in [0.5, 0.6) is 0 Å². The van der Waals surface area contributed by atoms with Crippen molar-refractivity contribution in [2.45, 2.75) is 84.1 Å². The van der Waals surface area contributed by atoms with E-state index in [1.807, 2.05) is 0 Å². The molecule has 0 aromatic heterocycles. The Kier molecular flexibility index (Phi) is 4.95. The minimum absolute atomic E-state index is 0.588. The highest BCUT2D eigenvalue weighted by molar-refractivity contribution is 4.94. The first kappa shape index (κ1) is 15.8. The lowest BCUT2D eigenvalue weighted by Gasteiger charge is -2.43. The van der Waals surface area contributed by atoms with Crippen molar-refractivity contribution in [3.63, 3.8) is 0 Å². The summed E-state index contributed by atoms with van der Waals surface area (Å²) in [4.78, 5) is 2.82. The van der Waals surface area contributed by atoms with Gasteiger partial charge in [0, 0.05) is 19.1 Å². The lowest BCUT2D eigenvalue weighted by Crippen LogP contribution is -2.47. The van der Waals surface area contributed by atoms with Gasteiger partial charge in [-0.1, -0.05) is 39.5 Å². The highest BCUT2D eigenvalue weighted by atomic mass is 15.1. The minimum atomic E-state index is 0.588. The molecule has 3 rings (SSSR count). The van der Waals surface area contributed by atoms with Crippen LogP contribution in [0.3, 0.4) is 0 Å². The van der Waals surface area contributed by atoms with Crippen LogP contribution in [0.1, 0.15) is 78.1 Å². The van der Waals surface area contributed by atoms with Crippen LogP contribution in [-0.2, 0) is 0 Å². The molecular weight excluding hydrogens is 256 g/mol. The molecule has 1 heterocycles. The number of likely N-dealkylation sites (tertiary alicyclic amines) is 1. The summed E-state index contributed by atoms with van der Waals surface area (Å²) < 4.78 is 0. The van der Waals surface area contributed by atoms with Gasteiger partial charge in [-0.3, -0.25) is 0 Å². The van der Waals surface area contributed by atoms with E-state index < -0.39 is 0 Å². The predicted molar refractivity (Wildman–Crippen MR) is 90.6 cm³/mol. The van der Waals surface area contributed by atoms with Gasteiger partial charge in [-0.05, 0) is 62.4 Å². The lowest BCUT2D eigenvalue weighted by molar-refractivity contribution is 0.0680. The van der Waals surface area contributed by atoms with Gasteiger partial charge < -0.3 is 10.2 Å². The van der Waals surface area contributed by atoms with Crippen molar-refractivity contribution in [2.75, 3.05) is 26.2 Å². The molecule has 1 aliphatic heterocycles. The normalized spacial score (nSPS) is 28.7. The third-order valence-corrected chi connectivity index (χ3v) is 6.69. The van der Waals surface area contributed by atoms with Crippen molar-refractivity contribution >= 4 is 0 Å². The molecule has 1 saturated heterocycles. The first-order valence-corrected chi connectivity index (χ1v) is 9.57. The van der Waals surface area contributed by atoms with Gasteiger partial charge in [-0.15, -0.1) is 0 Å². The van der Waals surface area contributed by atoms with Gasteiger partial charge >= 0.3 is 0 Å². The molecule has 0 aromatic carbocycles. The molecule has 3 aliphatic rings. The maximum atomic E-state index is 3.74. The van der Waals surface area contributed by atoms with Gasteiger partial charge in [0.1, 0.15) is 0 Å². The zero-order valence-electron chi connectivity index (χ0n) is 14.4. The van der Waals surface area contributed by atoms with E-state index in [9.17, 15) is 0 Å². The first-order chi connectivity index (χ1) is 10.1. The van der Waals surface area contributed by atoms with Crippen LogP contribution in [0.2, 0.25) is 0 Å². The largest absolute Gasteiger partial charge is 0.314 e. The van der Waals surface area contributed by atoms with E-state index in [-0.39, 0.29) is 0 Å².